The standard InChI is InChI=1S/C20H16BrClO/c21-18-11-17(19(22)16-4-2-1-3-15(16)18)20(23)14-9-7-13(8-10-14)12-5-6-12/h1-4,7-12,20,23H,5-6H2. The van der Waals surface area contributed by atoms with Crippen LogP contribution in [0.25, 0.3) is 10.8 Å². The van der Waals surface area contributed by atoms with Crippen LogP contribution in [0.3, 0.4) is 0 Å². The number of halogens is 2. The highest BCUT2D eigenvalue weighted by molar-refractivity contribution is 9.10. The molecule has 1 atom stereocenters. The lowest BCUT2D eigenvalue weighted by molar-refractivity contribution is 0.220. The van der Waals surface area contributed by atoms with Crippen LogP contribution in [0.15, 0.2) is 59.1 Å². The van der Waals surface area contributed by atoms with Crippen LogP contribution in [0.5, 0.6) is 0 Å². The second kappa shape index (κ2) is 5.94. The Bertz CT molecular complexity index is 869. The minimum atomic E-state index is -0.725. The summed E-state index contributed by atoms with van der Waals surface area (Å²) in [5, 5.41) is 13.4. The average molecular weight is 388 g/mol. The van der Waals surface area contributed by atoms with Crippen LogP contribution in [-0.4, -0.2) is 5.11 Å². The number of hydrogen-bond donors (Lipinski definition) is 1. The molecule has 0 spiro atoms. The van der Waals surface area contributed by atoms with Crippen molar-refractivity contribution >= 4 is 38.3 Å². The van der Waals surface area contributed by atoms with Crippen molar-refractivity contribution in [2.75, 3.05) is 0 Å². The summed E-state index contributed by atoms with van der Waals surface area (Å²) in [7, 11) is 0. The Hall–Kier alpha value is -1.35. The third-order valence-corrected chi connectivity index (χ3v) is 5.63. The normalized spacial score (nSPS) is 15.8. The summed E-state index contributed by atoms with van der Waals surface area (Å²) in [5.74, 6) is 0.722. The molecular weight excluding hydrogens is 372 g/mol. The molecule has 1 nitrogen and oxygen atoms in total. The van der Waals surface area contributed by atoms with Crippen LogP contribution in [0.4, 0.5) is 0 Å². The highest BCUT2D eigenvalue weighted by Gasteiger charge is 2.24. The van der Waals surface area contributed by atoms with E-state index >= 15 is 0 Å². The van der Waals surface area contributed by atoms with Crippen molar-refractivity contribution in [3.05, 3.63) is 80.8 Å². The van der Waals surface area contributed by atoms with Gasteiger partial charge in [-0.15, -0.1) is 0 Å². The monoisotopic (exact) mass is 386 g/mol. The molecule has 23 heavy (non-hydrogen) atoms. The molecule has 0 radical (unpaired) electrons. The zero-order chi connectivity index (χ0) is 16.0. The predicted molar refractivity (Wildman–Crippen MR) is 99.1 cm³/mol. The summed E-state index contributed by atoms with van der Waals surface area (Å²) in [6, 6.07) is 18.1. The molecule has 0 aliphatic heterocycles. The zero-order valence-corrected chi connectivity index (χ0v) is 14.8. The second-order valence-electron chi connectivity index (χ2n) is 6.15. The molecule has 3 aromatic rings. The Morgan fingerprint density at radius 2 is 1.65 bits per heavy atom. The maximum Gasteiger partial charge on any atom is 0.106 e. The van der Waals surface area contributed by atoms with E-state index < -0.39 is 6.10 Å². The van der Waals surface area contributed by atoms with Gasteiger partial charge in [-0.25, -0.2) is 0 Å². The van der Waals surface area contributed by atoms with Gasteiger partial charge < -0.3 is 5.11 Å². The summed E-state index contributed by atoms with van der Waals surface area (Å²) >= 11 is 10.2. The Morgan fingerprint density at radius 3 is 2.30 bits per heavy atom. The molecule has 0 bridgehead atoms. The zero-order valence-electron chi connectivity index (χ0n) is 12.5. The lowest BCUT2D eigenvalue weighted by Crippen LogP contribution is -2.01. The first-order chi connectivity index (χ1) is 11.1. The fourth-order valence-electron chi connectivity index (χ4n) is 3.06. The smallest absolute Gasteiger partial charge is 0.106 e. The SMILES string of the molecule is OC(c1ccc(C2CC2)cc1)c1cc(Br)c2ccccc2c1Cl. The van der Waals surface area contributed by atoms with E-state index in [2.05, 4.69) is 28.1 Å². The van der Waals surface area contributed by atoms with Gasteiger partial charge in [-0.05, 0) is 41.3 Å². The first-order valence-electron chi connectivity index (χ1n) is 7.79. The topological polar surface area (TPSA) is 20.2 Å². The fraction of sp³-hybridized carbons (Fsp3) is 0.200. The van der Waals surface area contributed by atoms with Crippen LogP contribution in [0.1, 0.15) is 41.6 Å². The third kappa shape index (κ3) is 2.80. The summed E-state index contributed by atoms with van der Waals surface area (Å²) in [5.41, 5.74) is 2.97. The first kappa shape index (κ1) is 15.2. The van der Waals surface area contributed by atoms with Gasteiger partial charge in [0.25, 0.3) is 0 Å². The molecule has 1 unspecified atom stereocenters. The van der Waals surface area contributed by atoms with Gasteiger partial charge in [0.1, 0.15) is 6.10 Å². The molecule has 0 saturated heterocycles. The van der Waals surface area contributed by atoms with E-state index in [9.17, 15) is 5.11 Å². The van der Waals surface area contributed by atoms with Crippen molar-refractivity contribution in [1.29, 1.82) is 0 Å². The molecule has 3 heteroatoms. The quantitative estimate of drug-likeness (QED) is 0.566. The van der Waals surface area contributed by atoms with E-state index in [0.717, 1.165) is 32.3 Å². The van der Waals surface area contributed by atoms with Crippen molar-refractivity contribution in [2.24, 2.45) is 0 Å². The van der Waals surface area contributed by atoms with E-state index in [1.807, 2.05) is 42.5 Å². The van der Waals surface area contributed by atoms with Gasteiger partial charge in [0, 0.05) is 15.4 Å². The predicted octanol–water partition coefficient (Wildman–Crippen LogP) is 6.21. The first-order valence-corrected chi connectivity index (χ1v) is 8.97. The minimum Gasteiger partial charge on any atom is -0.384 e. The van der Waals surface area contributed by atoms with E-state index in [4.69, 9.17) is 11.6 Å². The Morgan fingerprint density at radius 1 is 1.00 bits per heavy atom. The number of benzene rings is 3. The summed E-state index contributed by atoms with van der Waals surface area (Å²) in [6.45, 7) is 0. The van der Waals surface area contributed by atoms with Gasteiger partial charge in [0.15, 0.2) is 0 Å². The molecule has 0 amide bonds. The Kier molecular flexibility index (Phi) is 3.92. The summed E-state index contributed by atoms with van der Waals surface area (Å²) in [4.78, 5) is 0. The molecule has 1 aliphatic carbocycles. The Labute approximate surface area is 149 Å². The van der Waals surface area contributed by atoms with Crippen molar-refractivity contribution in [3.8, 4) is 0 Å². The Balaban J connectivity index is 1.76. The van der Waals surface area contributed by atoms with E-state index in [0.29, 0.717) is 5.02 Å². The van der Waals surface area contributed by atoms with Crippen LogP contribution < -0.4 is 0 Å². The van der Waals surface area contributed by atoms with Crippen molar-refractivity contribution in [3.63, 3.8) is 0 Å². The molecule has 1 aliphatic rings. The van der Waals surface area contributed by atoms with Gasteiger partial charge in [0.2, 0.25) is 0 Å². The van der Waals surface area contributed by atoms with Gasteiger partial charge >= 0.3 is 0 Å². The van der Waals surface area contributed by atoms with Crippen LogP contribution >= 0.6 is 27.5 Å². The van der Waals surface area contributed by atoms with E-state index in [1.165, 1.54) is 18.4 Å². The average Bonchev–Trinajstić information content (AvgIpc) is 3.43. The number of aliphatic hydroxyl groups excluding tert-OH is 1. The van der Waals surface area contributed by atoms with Gasteiger partial charge in [-0.1, -0.05) is 76.1 Å². The molecule has 4 rings (SSSR count). The van der Waals surface area contributed by atoms with Crippen LogP contribution in [0, 0.1) is 0 Å². The highest BCUT2D eigenvalue weighted by atomic mass is 79.9. The summed E-state index contributed by atoms with van der Waals surface area (Å²) in [6.07, 6.45) is 1.84. The molecule has 3 aromatic carbocycles. The maximum absolute atomic E-state index is 10.8. The van der Waals surface area contributed by atoms with Crippen LogP contribution in [0.2, 0.25) is 5.02 Å². The highest BCUT2D eigenvalue weighted by Crippen LogP contribution is 2.41. The number of fused-ring (bicyclic) bond motifs is 1. The van der Waals surface area contributed by atoms with Crippen LogP contribution in [-0.2, 0) is 0 Å². The van der Waals surface area contributed by atoms with Crippen molar-refractivity contribution in [1.82, 2.24) is 0 Å². The van der Waals surface area contributed by atoms with Gasteiger partial charge in [-0.3, -0.25) is 0 Å². The molecule has 0 aromatic heterocycles. The minimum absolute atomic E-state index is 0.613. The van der Waals surface area contributed by atoms with Gasteiger partial charge in [0.05, 0.1) is 5.02 Å². The second-order valence-corrected chi connectivity index (χ2v) is 7.38. The molecule has 1 fully saturated rings. The number of hydrogen-bond acceptors (Lipinski definition) is 1. The van der Waals surface area contributed by atoms with Crippen molar-refractivity contribution < 1.29 is 5.11 Å². The summed E-state index contributed by atoms with van der Waals surface area (Å²) < 4.78 is 0.946. The lowest BCUT2D eigenvalue weighted by atomic mass is 9.97. The van der Waals surface area contributed by atoms with E-state index in [1.54, 1.807) is 0 Å². The molecule has 116 valence electrons. The fourth-order valence-corrected chi connectivity index (χ4v) is 3.98. The molecule has 1 saturated carbocycles. The lowest BCUT2D eigenvalue weighted by Gasteiger charge is -2.16. The molecule has 0 heterocycles. The molecule has 1 N–H and O–H groups in total. The third-order valence-electron chi connectivity index (χ3n) is 4.55. The maximum atomic E-state index is 10.8. The molecular formula is C20H16BrClO. The van der Waals surface area contributed by atoms with Crippen molar-refractivity contribution in [2.45, 2.75) is 24.9 Å². The number of aliphatic hydroxyl groups is 1. The largest absolute Gasteiger partial charge is 0.384 e. The number of rotatable bonds is 3. The van der Waals surface area contributed by atoms with E-state index in [-0.39, 0.29) is 0 Å². The van der Waals surface area contributed by atoms with Gasteiger partial charge in [-0.2, -0.15) is 0 Å².